The van der Waals surface area contributed by atoms with Crippen LogP contribution in [0, 0.1) is 11.6 Å². The fourth-order valence-electron chi connectivity index (χ4n) is 5.73. The summed E-state index contributed by atoms with van der Waals surface area (Å²) in [5, 5.41) is 4.60. The lowest BCUT2D eigenvalue weighted by Crippen LogP contribution is -2.26. The van der Waals surface area contributed by atoms with E-state index in [2.05, 4.69) is 34.1 Å². The molecule has 1 aliphatic carbocycles. The Bertz CT molecular complexity index is 1510. The highest BCUT2D eigenvalue weighted by molar-refractivity contribution is 5.64. The number of pyridine rings is 1. The van der Waals surface area contributed by atoms with E-state index in [4.69, 9.17) is 15.2 Å². The molecule has 0 bridgehead atoms. The topological polar surface area (TPSA) is 87.6 Å². The van der Waals surface area contributed by atoms with Crippen molar-refractivity contribution in [1.82, 2.24) is 19.6 Å². The van der Waals surface area contributed by atoms with Gasteiger partial charge >= 0.3 is 0 Å². The first kappa shape index (κ1) is 25.6. The van der Waals surface area contributed by atoms with Crippen LogP contribution in [0.15, 0.2) is 60.6 Å². The molecule has 0 unspecified atom stereocenters. The molecule has 2 N–H and O–H groups in total. The number of nitrogens with zero attached hydrogens (tertiary/aromatic N) is 4. The van der Waals surface area contributed by atoms with Crippen molar-refractivity contribution in [2.24, 2.45) is 5.73 Å². The van der Waals surface area contributed by atoms with Gasteiger partial charge in [-0.2, -0.15) is 5.10 Å². The predicted octanol–water partition coefficient (Wildman–Crippen LogP) is 5.37. The van der Waals surface area contributed by atoms with Crippen LogP contribution in [-0.2, 0) is 11.2 Å². The normalized spacial score (nSPS) is 20.3. The Morgan fingerprint density at radius 2 is 1.90 bits per heavy atom. The van der Waals surface area contributed by atoms with Gasteiger partial charge in [0.2, 0.25) is 0 Å². The van der Waals surface area contributed by atoms with Gasteiger partial charge in [0.1, 0.15) is 29.3 Å². The number of benzene rings is 1. The van der Waals surface area contributed by atoms with Gasteiger partial charge in [-0.1, -0.05) is 11.6 Å². The van der Waals surface area contributed by atoms with E-state index >= 15 is 8.78 Å². The van der Waals surface area contributed by atoms with Crippen LogP contribution in [0.4, 0.5) is 8.78 Å². The number of halogens is 2. The summed E-state index contributed by atoms with van der Waals surface area (Å²) in [5.41, 5.74) is 10.5. The smallest absolute Gasteiger partial charge is 0.139 e. The van der Waals surface area contributed by atoms with Gasteiger partial charge in [0.15, 0.2) is 0 Å². The van der Waals surface area contributed by atoms with Gasteiger partial charge in [-0.15, -0.1) is 0 Å². The van der Waals surface area contributed by atoms with Crippen LogP contribution in [0.25, 0.3) is 16.8 Å². The van der Waals surface area contributed by atoms with Gasteiger partial charge in [-0.3, -0.25) is 4.98 Å². The molecular weight excluding hydrogens is 500 g/mol. The Balaban J connectivity index is 1.30. The second kappa shape index (κ2) is 10.8. The highest BCUT2D eigenvalue weighted by Gasteiger charge is 2.24. The molecule has 0 saturated carbocycles. The van der Waals surface area contributed by atoms with Crippen LogP contribution in [0.5, 0.6) is 5.75 Å². The molecule has 1 fully saturated rings. The molecular formula is C30H31F2N5O2. The SMILES string of the molecule is CC1=C[C@H](N)C[C@H](c2ccncc2Cc2ncc3ccc(-c4c(F)cc(OC5CCOCC5)cc4F)nn23)C1. The second-order valence-electron chi connectivity index (χ2n) is 10.5. The summed E-state index contributed by atoms with van der Waals surface area (Å²) in [6.07, 6.45) is 11.1. The number of allylic oxidation sites excluding steroid dienone is 1. The molecule has 0 spiro atoms. The van der Waals surface area contributed by atoms with Crippen molar-refractivity contribution in [3.63, 3.8) is 0 Å². The van der Waals surface area contributed by atoms with Crippen molar-refractivity contribution < 1.29 is 18.3 Å². The molecule has 0 amide bonds. The molecule has 1 aliphatic heterocycles. The fraction of sp³-hybridized carbons (Fsp3) is 0.367. The van der Waals surface area contributed by atoms with Crippen molar-refractivity contribution in [3.05, 3.63) is 89.2 Å². The molecule has 9 heteroatoms. The van der Waals surface area contributed by atoms with Crippen LogP contribution in [0.3, 0.4) is 0 Å². The van der Waals surface area contributed by atoms with Crippen molar-refractivity contribution >= 4 is 5.52 Å². The Hall–Kier alpha value is -3.69. The summed E-state index contributed by atoms with van der Waals surface area (Å²) in [6, 6.07) is 7.90. The van der Waals surface area contributed by atoms with Gasteiger partial charge in [-0.25, -0.2) is 18.3 Å². The van der Waals surface area contributed by atoms with Gasteiger partial charge in [0.05, 0.1) is 36.2 Å². The lowest BCUT2D eigenvalue weighted by atomic mass is 9.80. The van der Waals surface area contributed by atoms with Crippen LogP contribution in [-0.4, -0.2) is 44.9 Å². The molecule has 3 aromatic heterocycles. The average molecular weight is 532 g/mol. The standard InChI is InChI=1S/C30H31F2N5O2/c1-18-10-19(12-21(33)11-18)25-4-7-34-16-20(25)13-29-35-17-22-2-3-28(36-37(22)29)30-26(31)14-24(15-27(30)32)39-23-5-8-38-9-6-23/h2-4,7,11,14-17,19,21,23H,5-6,8-10,12-13,33H2,1H3/t19-,21+/m1/s1. The van der Waals surface area contributed by atoms with Crippen molar-refractivity contribution in [2.75, 3.05) is 13.2 Å². The first-order chi connectivity index (χ1) is 18.9. The zero-order valence-corrected chi connectivity index (χ0v) is 21.8. The average Bonchev–Trinajstić information content (AvgIpc) is 3.30. The summed E-state index contributed by atoms with van der Waals surface area (Å²) in [6.45, 7) is 3.27. The van der Waals surface area contributed by atoms with Crippen LogP contribution >= 0.6 is 0 Å². The minimum Gasteiger partial charge on any atom is -0.490 e. The van der Waals surface area contributed by atoms with Crippen LogP contribution in [0.1, 0.15) is 55.5 Å². The Morgan fingerprint density at radius 3 is 2.67 bits per heavy atom. The predicted molar refractivity (Wildman–Crippen MR) is 144 cm³/mol. The Morgan fingerprint density at radius 1 is 1.10 bits per heavy atom. The molecule has 2 atom stereocenters. The Kier molecular flexibility index (Phi) is 7.10. The molecule has 39 heavy (non-hydrogen) atoms. The van der Waals surface area contributed by atoms with Crippen molar-refractivity contribution in [3.8, 4) is 17.0 Å². The summed E-state index contributed by atoms with van der Waals surface area (Å²) in [4.78, 5) is 8.94. The minimum absolute atomic E-state index is 0.0273. The molecule has 1 aromatic carbocycles. The Labute approximate surface area is 225 Å². The summed E-state index contributed by atoms with van der Waals surface area (Å²) < 4.78 is 43.2. The zero-order valence-electron chi connectivity index (χ0n) is 21.8. The van der Waals surface area contributed by atoms with Gasteiger partial charge in [0, 0.05) is 49.8 Å². The highest BCUT2D eigenvalue weighted by atomic mass is 19.1. The van der Waals surface area contributed by atoms with Crippen LogP contribution < -0.4 is 10.5 Å². The molecule has 4 heterocycles. The molecule has 2 aliphatic rings. The quantitative estimate of drug-likeness (QED) is 0.337. The molecule has 4 aromatic rings. The largest absolute Gasteiger partial charge is 0.490 e. The highest BCUT2D eigenvalue weighted by Crippen LogP contribution is 2.35. The molecule has 1 saturated heterocycles. The summed E-state index contributed by atoms with van der Waals surface area (Å²) >= 11 is 0. The lowest BCUT2D eigenvalue weighted by Gasteiger charge is -2.27. The lowest BCUT2D eigenvalue weighted by molar-refractivity contribution is 0.0253. The second-order valence-corrected chi connectivity index (χ2v) is 10.5. The number of hydrogen-bond donors (Lipinski definition) is 1. The van der Waals surface area contributed by atoms with E-state index in [1.165, 1.54) is 23.3 Å². The molecule has 6 rings (SSSR count). The van der Waals surface area contributed by atoms with E-state index in [1.54, 1.807) is 29.0 Å². The third-order valence-corrected chi connectivity index (χ3v) is 7.55. The maximum Gasteiger partial charge on any atom is 0.139 e. The molecule has 202 valence electrons. The fourth-order valence-corrected chi connectivity index (χ4v) is 5.73. The number of fused-ring (bicyclic) bond motifs is 1. The zero-order chi connectivity index (χ0) is 26.9. The van der Waals surface area contributed by atoms with E-state index < -0.39 is 11.6 Å². The molecule has 7 nitrogen and oxygen atoms in total. The van der Waals surface area contributed by atoms with Crippen molar-refractivity contribution in [2.45, 2.75) is 57.1 Å². The van der Waals surface area contributed by atoms with Gasteiger partial charge < -0.3 is 15.2 Å². The van der Waals surface area contributed by atoms with E-state index in [9.17, 15) is 0 Å². The maximum absolute atomic E-state index is 15.2. The van der Waals surface area contributed by atoms with Crippen LogP contribution in [0.2, 0.25) is 0 Å². The maximum atomic E-state index is 15.2. The number of hydrogen-bond acceptors (Lipinski definition) is 6. The van der Waals surface area contributed by atoms with Crippen molar-refractivity contribution in [1.29, 1.82) is 0 Å². The number of aromatic nitrogens is 4. The minimum atomic E-state index is -0.725. The third kappa shape index (κ3) is 5.42. The number of imidazole rings is 1. The summed E-state index contributed by atoms with van der Waals surface area (Å²) in [5.74, 6) is -0.326. The van der Waals surface area contributed by atoms with E-state index in [1.807, 2.05) is 6.20 Å². The van der Waals surface area contributed by atoms with Gasteiger partial charge in [0.25, 0.3) is 0 Å². The van der Waals surface area contributed by atoms with E-state index in [0.29, 0.717) is 44.2 Å². The van der Waals surface area contributed by atoms with E-state index in [0.717, 1.165) is 23.9 Å². The van der Waals surface area contributed by atoms with Gasteiger partial charge in [-0.05, 0) is 55.0 Å². The number of ether oxygens (including phenoxy) is 2. The van der Waals surface area contributed by atoms with E-state index in [-0.39, 0.29) is 29.2 Å². The monoisotopic (exact) mass is 531 g/mol. The summed E-state index contributed by atoms with van der Waals surface area (Å²) in [7, 11) is 0. The third-order valence-electron chi connectivity index (χ3n) is 7.55. The number of rotatable bonds is 6. The first-order valence-corrected chi connectivity index (χ1v) is 13.4. The molecule has 0 radical (unpaired) electrons. The first-order valence-electron chi connectivity index (χ1n) is 13.4. The number of nitrogens with two attached hydrogens (primary N) is 1.